The second kappa shape index (κ2) is 12.0. The fraction of sp³-hybridized carbons (Fsp3) is 0.500. The van der Waals surface area contributed by atoms with Gasteiger partial charge in [0.05, 0.1) is 23.6 Å². The van der Waals surface area contributed by atoms with Crippen LogP contribution in [0.15, 0.2) is 35.5 Å². The Kier molecular flexibility index (Phi) is 9.26. The normalized spacial score (nSPS) is 18.9. The highest BCUT2D eigenvalue weighted by molar-refractivity contribution is 7.89. The van der Waals surface area contributed by atoms with Gasteiger partial charge in [-0.05, 0) is 55.9 Å². The number of alkyl halides is 3. The predicted molar refractivity (Wildman–Crippen MR) is 124 cm³/mol. The minimum atomic E-state index is -4.39. The van der Waals surface area contributed by atoms with Crippen LogP contribution in [0.5, 0.6) is 0 Å². The maximum Gasteiger partial charge on any atom is 0.407 e. The quantitative estimate of drug-likeness (QED) is 0.331. The molecule has 10 nitrogen and oxygen atoms in total. The van der Waals surface area contributed by atoms with Crippen LogP contribution < -0.4 is 15.4 Å². The van der Waals surface area contributed by atoms with Gasteiger partial charge < -0.3 is 20.5 Å². The third-order valence-corrected chi connectivity index (χ3v) is 7.06. The number of benzene rings is 1. The molecule has 1 fully saturated rings. The molecule has 1 heterocycles. The Labute approximate surface area is 210 Å². The van der Waals surface area contributed by atoms with Gasteiger partial charge in [-0.3, -0.25) is 0 Å². The minimum Gasteiger partial charge on any atom is -0.446 e. The van der Waals surface area contributed by atoms with Gasteiger partial charge in [0.1, 0.15) is 11.9 Å². The summed E-state index contributed by atoms with van der Waals surface area (Å²) in [6, 6.07) is 2.14. The molecule has 1 aliphatic rings. The van der Waals surface area contributed by atoms with Crippen LogP contribution in [0, 0.1) is 5.82 Å². The van der Waals surface area contributed by atoms with Crippen molar-refractivity contribution in [2.75, 3.05) is 18.5 Å². The van der Waals surface area contributed by atoms with E-state index in [4.69, 9.17) is 9.84 Å². The van der Waals surface area contributed by atoms with Crippen LogP contribution in [-0.2, 0) is 14.8 Å². The zero-order chi connectivity index (χ0) is 27.2. The number of ether oxygens (including phenoxy) is 1. The summed E-state index contributed by atoms with van der Waals surface area (Å²) in [6.07, 6.45) is -2.21. The van der Waals surface area contributed by atoms with Gasteiger partial charge >= 0.3 is 12.3 Å². The number of nitrogens with zero attached hydrogens (tertiary/aromatic N) is 2. The van der Waals surface area contributed by atoms with Crippen LogP contribution in [0.1, 0.15) is 44.1 Å². The fourth-order valence-corrected chi connectivity index (χ4v) is 4.93. The van der Waals surface area contributed by atoms with Crippen LogP contribution in [0.2, 0.25) is 0 Å². The fourth-order valence-electron chi connectivity index (χ4n) is 3.90. The summed E-state index contributed by atoms with van der Waals surface area (Å²) in [5.74, 6) is -0.814. The number of carbonyl (C=O) groups excluding carboxylic acids is 1. The van der Waals surface area contributed by atoms with E-state index in [2.05, 4.69) is 25.3 Å². The van der Waals surface area contributed by atoms with E-state index in [0.29, 0.717) is 19.3 Å². The molecule has 2 aromatic rings. The van der Waals surface area contributed by atoms with Crippen molar-refractivity contribution in [3.05, 3.63) is 42.0 Å². The maximum atomic E-state index is 14.5. The van der Waals surface area contributed by atoms with Gasteiger partial charge in [-0.25, -0.2) is 32.3 Å². The molecule has 3 rings (SSSR count). The molecule has 37 heavy (non-hydrogen) atoms. The first kappa shape index (κ1) is 28.5. The number of halogens is 4. The Morgan fingerprint density at radius 1 is 1.24 bits per heavy atom. The molecule has 0 bridgehead atoms. The van der Waals surface area contributed by atoms with Crippen LogP contribution >= 0.6 is 0 Å². The molecular formula is C22H27F4N5O5S. The largest absolute Gasteiger partial charge is 0.446 e. The first-order valence-corrected chi connectivity index (χ1v) is 12.9. The first-order chi connectivity index (χ1) is 17.4. The number of anilines is 2. The number of amides is 1. The summed E-state index contributed by atoms with van der Waals surface area (Å²) in [5, 5.41) is 13.6. The summed E-state index contributed by atoms with van der Waals surface area (Å²) in [6.45, 7) is 0.646. The highest BCUT2D eigenvalue weighted by Gasteiger charge is 2.32. The maximum absolute atomic E-state index is 14.5. The number of rotatable bonds is 10. The van der Waals surface area contributed by atoms with Crippen molar-refractivity contribution in [1.82, 2.24) is 20.0 Å². The zero-order valence-electron chi connectivity index (χ0n) is 19.8. The lowest BCUT2D eigenvalue weighted by atomic mass is 10.0. The molecule has 1 aromatic carbocycles. The van der Waals surface area contributed by atoms with Gasteiger partial charge in [0.25, 0.3) is 0 Å². The number of hydrogen-bond donors (Lipinski definition) is 4. The second-order valence-electron chi connectivity index (χ2n) is 8.63. The smallest absolute Gasteiger partial charge is 0.407 e. The molecule has 0 spiro atoms. The summed E-state index contributed by atoms with van der Waals surface area (Å²) in [4.78, 5) is 19.9. The molecule has 0 radical (unpaired) electrons. The van der Waals surface area contributed by atoms with Crippen molar-refractivity contribution in [3.63, 3.8) is 0 Å². The molecule has 1 saturated carbocycles. The monoisotopic (exact) mass is 549 g/mol. The Balaban J connectivity index is 1.54. The van der Waals surface area contributed by atoms with E-state index in [1.807, 2.05) is 0 Å². The summed E-state index contributed by atoms with van der Waals surface area (Å²) >= 11 is 0. The number of alkyl carbamates (subject to hydrolysis) is 1. The van der Waals surface area contributed by atoms with Crippen molar-refractivity contribution >= 4 is 27.8 Å². The lowest BCUT2D eigenvalue weighted by Crippen LogP contribution is -2.37. The molecule has 4 N–H and O–H groups in total. The van der Waals surface area contributed by atoms with E-state index in [1.165, 1.54) is 31.5 Å². The second-order valence-corrected chi connectivity index (χ2v) is 10.4. The van der Waals surface area contributed by atoms with E-state index in [9.17, 15) is 30.8 Å². The topological polar surface area (TPSA) is 143 Å². The molecule has 0 unspecified atom stereocenters. The van der Waals surface area contributed by atoms with Crippen molar-refractivity contribution < 1.29 is 40.6 Å². The summed E-state index contributed by atoms with van der Waals surface area (Å²) in [7, 11) is -3.96. The van der Waals surface area contributed by atoms with Gasteiger partial charge in [-0.2, -0.15) is 13.2 Å². The Hall–Kier alpha value is -3.04. The third kappa shape index (κ3) is 8.50. The molecular weight excluding hydrogens is 522 g/mol. The van der Waals surface area contributed by atoms with Gasteiger partial charge in [-0.1, -0.05) is 0 Å². The lowest BCUT2D eigenvalue weighted by Gasteiger charge is -2.18. The first-order valence-electron chi connectivity index (χ1n) is 11.4. The molecule has 0 saturated heterocycles. The number of nitrogens with one attached hydrogen (secondary N) is 3. The van der Waals surface area contributed by atoms with Crippen molar-refractivity contribution in [2.24, 2.45) is 0 Å². The van der Waals surface area contributed by atoms with Gasteiger partial charge in [0, 0.05) is 25.0 Å². The average Bonchev–Trinajstić information content (AvgIpc) is 3.26. The SMILES string of the molecule is C[C@@H](CC(F)(F)F)NC(=O)O[C@@H]1CC[C@H](c2cnc(Nc3ccc(S(=O)(=O)NCCO)cc3F)nc2)C1. The number of aliphatic hydroxyl groups excluding tert-OH is 1. The van der Waals surface area contributed by atoms with Gasteiger partial charge in [-0.15, -0.1) is 0 Å². The van der Waals surface area contributed by atoms with Crippen LogP contribution in [-0.4, -0.2) is 61.1 Å². The third-order valence-electron chi connectivity index (χ3n) is 5.60. The Bertz CT molecular complexity index is 1180. The number of hydrogen-bond acceptors (Lipinski definition) is 8. The van der Waals surface area contributed by atoms with E-state index in [1.54, 1.807) is 0 Å². The highest BCUT2D eigenvalue weighted by atomic mass is 32.2. The number of sulfonamides is 1. The minimum absolute atomic E-state index is 0.0351. The number of carbonyl (C=O) groups is 1. The molecule has 1 aliphatic carbocycles. The van der Waals surface area contributed by atoms with Crippen molar-refractivity contribution in [3.8, 4) is 0 Å². The zero-order valence-corrected chi connectivity index (χ0v) is 20.6. The van der Waals surface area contributed by atoms with Crippen molar-refractivity contribution in [1.29, 1.82) is 0 Å². The Morgan fingerprint density at radius 2 is 1.95 bits per heavy atom. The molecule has 1 aromatic heterocycles. The number of aliphatic hydroxyl groups is 1. The van der Waals surface area contributed by atoms with E-state index < -0.39 is 53.3 Å². The van der Waals surface area contributed by atoms with E-state index in [0.717, 1.165) is 11.6 Å². The Morgan fingerprint density at radius 3 is 2.57 bits per heavy atom. The van der Waals surface area contributed by atoms with Crippen LogP contribution in [0.4, 0.5) is 34.0 Å². The van der Waals surface area contributed by atoms with Gasteiger partial charge in [0.2, 0.25) is 16.0 Å². The summed E-state index contributed by atoms with van der Waals surface area (Å²) in [5.41, 5.74) is 0.702. The van der Waals surface area contributed by atoms with Crippen molar-refractivity contribution in [2.45, 2.75) is 61.7 Å². The predicted octanol–water partition coefficient (Wildman–Crippen LogP) is 3.33. The standard InChI is InChI=1S/C22H27F4N5O5S/c1-13(10-22(24,25)26)30-21(33)36-16-3-2-14(8-16)15-11-27-20(28-12-15)31-19-5-4-17(9-18(19)23)37(34,35)29-6-7-32/h4-5,9,11-14,16,29,32H,2-3,6-8,10H2,1H3,(H,30,33)(H,27,28,31)/t13-,14-,16+/m0/s1. The molecule has 15 heteroatoms. The molecule has 1 amide bonds. The van der Waals surface area contributed by atoms with Gasteiger partial charge in [0.15, 0.2) is 0 Å². The number of aromatic nitrogens is 2. The van der Waals surface area contributed by atoms with Crippen LogP contribution in [0.25, 0.3) is 0 Å². The molecule has 0 aliphatic heterocycles. The summed E-state index contributed by atoms with van der Waals surface area (Å²) < 4.78 is 83.2. The van der Waals surface area contributed by atoms with Crippen LogP contribution in [0.3, 0.4) is 0 Å². The lowest BCUT2D eigenvalue weighted by molar-refractivity contribution is -0.138. The van der Waals surface area contributed by atoms with E-state index >= 15 is 0 Å². The molecule has 204 valence electrons. The average molecular weight is 550 g/mol. The van der Waals surface area contributed by atoms with E-state index in [-0.39, 0.29) is 29.0 Å². The molecule has 3 atom stereocenters. The highest BCUT2D eigenvalue weighted by Crippen LogP contribution is 2.36.